The molecule has 0 saturated carbocycles. The van der Waals surface area contributed by atoms with Gasteiger partial charge in [0.2, 0.25) is 0 Å². The Kier molecular flexibility index (Phi) is 6.89. The quantitative estimate of drug-likeness (QED) is 0.572. The summed E-state index contributed by atoms with van der Waals surface area (Å²) in [6.45, 7) is 7.51. The van der Waals surface area contributed by atoms with Gasteiger partial charge in [-0.25, -0.2) is 0 Å². The van der Waals surface area contributed by atoms with Crippen LogP contribution in [-0.4, -0.2) is 23.1 Å². The molecule has 0 atom stereocenters. The SMILES string of the molecule is COc1cc(O)c(CC=C(C)CCC=C(C)C)c(O)c1C(C)=O. The molecule has 4 nitrogen and oxygen atoms in total. The van der Waals surface area contributed by atoms with Gasteiger partial charge in [0.25, 0.3) is 0 Å². The van der Waals surface area contributed by atoms with E-state index in [4.69, 9.17) is 4.74 Å². The van der Waals surface area contributed by atoms with E-state index in [0.29, 0.717) is 12.0 Å². The van der Waals surface area contributed by atoms with Gasteiger partial charge in [-0.3, -0.25) is 4.79 Å². The number of benzene rings is 1. The van der Waals surface area contributed by atoms with Gasteiger partial charge >= 0.3 is 0 Å². The lowest BCUT2D eigenvalue weighted by molar-refractivity contribution is 0.101. The maximum absolute atomic E-state index is 11.7. The lowest BCUT2D eigenvalue weighted by atomic mass is 9.99. The Morgan fingerprint density at radius 1 is 1.17 bits per heavy atom. The lowest BCUT2D eigenvalue weighted by Crippen LogP contribution is -2.01. The molecule has 0 aliphatic rings. The molecule has 0 fully saturated rings. The Morgan fingerprint density at radius 3 is 2.35 bits per heavy atom. The highest BCUT2D eigenvalue weighted by atomic mass is 16.5. The van der Waals surface area contributed by atoms with Crippen molar-refractivity contribution >= 4 is 5.78 Å². The monoisotopic (exact) mass is 318 g/mol. The van der Waals surface area contributed by atoms with Crippen molar-refractivity contribution in [3.05, 3.63) is 40.5 Å². The second-order valence-electron chi connectivity index (χ2n) is 5.93. The Hall–Kier alpha value is -2.23. The molecule has 0 aliphatic heterocycles. The largest absolute Gasteiger partial charge is 0.507 e. The summed E-state index contributed by atoms with van der Waals surface area (Å²) in [5.74, 6) is -0.397. The van der Waals surface area contributed by atoms with Crippen molar-refractivity contribution in [1.29, 1.82) is 0 Å². The minimum atomic E-state index is -0.301. The second kappa shape index (κ2) is 8.42. The standard InChI is InChI=1S/C19H26O4/c1-12(2)7-6-8-13(3)9-10-15-16(21)11-17(23-5)18(14(4)20)19(15)22/h7,9,11,21-22H,6,8,10H2,1-5H3. The summed E-state index contributed by atoms with van der Waals surface area (Å²) in [6.07, 6.45) is 6.38. The second-order valence-corrected chi connectivity index (χ2v) is 5.93. The Labute approximate surface area is 138 Å². The van der Waals surface area contributed by atoms with Crippen molar-refractivity contribution in [2.24, 2.45) is 0 Å². The average Bonchev–Trinajstić information content (AvgIpc) is 2.45. The van der Waals surface area contributed by atoms with Gasteiger partial charge in [0.15, 0.2) is 5.78 Å². The molecule has 0 saturated heterocycles. The predicted octanol–water partition coefficient (Wildman–Crippen LogP) is 4.54. The van der Waals surface area contributed by atoms with Gasteiger partial charge in [0, 0.05) is 11.6 Å². The Bertz CT molecular complexity index is 635. The number of ketones is 1. The number of hydrogen-bond donors (Lipinski definition) is 2. The third-order valence-corrected chi connectivity index (χ3v) is 3.66. The van der Waals surface area contributed by atoms with E-state index in [2.05, 4.69) is 19.9 Å². The van der Waals surface area contributed by atoms with Crippen molar-refractivity contribution in [3.8, 4) is 17.2 Å². The molecule has 0 unspecified atom stereocenters. The fourth-order valence-corrected chi connectivity index (χ4v) is 2.34. The summed E-state index contributed by atoms with van der Waals surface area (Å²) in [4.78, 5) is 11.7. The van der Waals surface area contributed by atoms with Crippen LogP contribution in [0.5, 0.6) is 17.2 Å². The van der Waals surface area contributed by atoms with Gasteiger partial charge in [-0.05, 0) is 47.0 Å². The van der Waals surface area contributed by atoms with E-state index in [1.165, 1.54) is 31.2 Å². The maximum Gasteiger partial charge on any atom is 0.167 e. The van der Waals surface area contributed by atoms with E-state index in [1.54, 1.807) is 0 Å². The smallest absolute Gasteiger partial charge is 0.167 e. The molecule has 1 rings (SSSR count). The zero-order valence-electron chi connectivity index (χ0n) is 14.6. The molecule has 0 radical (unpaired) electrons. The van der Waals surface area contributed by atoms with Crippen LogP contribution in [0.2, 0.25) is 0 Å². The number of ether oxygens (including phenoxy) is 1. The molecule has 4 heteroatoms. The van der Waals surface area contributed by atoms with E-state index in [9.17, 15) is 15.0 Å². The van der Waals surface area contributed by atoms with E-state index in [1.807, 2.05) is 13.0 Å². The number of phenolic OH excluding ortho intramolecular Hbond substituents is 2. The number of allylic oxidation sites excluding steroid dienone is 4. The van der Waals surface area contributed by atoms with Crippen molar-refractivity contribution < 1.29 is 19.7 Å². The number of aromatic hydroxyl groups is 2. The number of hydrogen-bond acceptors (Lipinski definition) is 4. The molecule has 0 amide bonds. The third kappa shape index (κ3) is 5.16. The summed E-state index contributed by atoms with van der Waals surface area (Å²) < 4.78 is 5.06. The summed E-state index contributed by atoms with van der Waals surface area (Å²) in [7, 11) is 1.40. The summed E-state index contributed by atoms with van der Waals surface area (Å²) >= 11 is 0. The van der Waals surface area contributed by atoms with Crippen LogP contribution in [0, 0.1) is 0 Å². The maximum atomic E-state index is 11.7. The fraction of sp³-hybridized carbons (Fsp3) is 0.421. The normalized spacial score (nSPS) is 11.3. The van der Waals surface area contributed by atoms with Gasteiger partial charge in [-0.2, -0.15) is 0 Å². The van der Waals surface area contributed by atoms with E-state index in [-0.39, 0.29) is 28.6 Å². The van der Waals surface area contributed by atoms with Crippen LogP contribution in [0.3, 0.4) is 0 Å². The topological polar surface area (TPSA) is 66.8 Å². The van der Waals surface area contributed by atoms with Gasteiger partial charge in [0.05, 0.1) is 7.11 Å². The van der Waals surface area contributed by atoms with E-state index >= 15 is 0 Å². The summed E-state index contributed by atoms with van der Waals surface area (Å²) in [5.41, 5.74) is 2.91. The molecule has 0 aromatic heterocycles. The van der Waals surface area contributed by atoms with Crippen LogP contribution in [0.4, 0.5) is 0 Å². The van der Waals surface area contributed by atoms with Crippen LogP contribution >= 0.6 is 0 Å². The Morgan fingerprint density at radius 2 is 1.83 bits per heavy atom. The molecular formula is C19H26O4. The van der Waals surface area contributed by atoms with Gasteiger partial charge in [-0.15, -0.1) is 0 Å². The zero-order valence-corrected chi connectivity index (χ0v) is 14.6. The van der Waals surface area contributed by atoms with E-state index < -0.39 is 0 Å². The Balaban J connectivity index is 3.03. The predicted molar refractivity (Wildman–Crippen MR) is 92.5 cm³/mol. The highest BCUT2D eigenvalue weighted by Gasteiger charge is 2.20. The van der Waals surface area contributed by atoms with Crippen molar-refractivity contribution in [2.45, 2.75) is 47.0 Å². The molecular weight excluding hydrogens is 292 g/mol. The number of carbonyl (C=O) groups is 1. The van der Waals surface area contributed by atoms with Crippen molar-refractivity contribution in [2.75, 3.05) is 7.11 Å². The van der Waals surface area contributed by atoms with Crippen LogP contribution in [-0.2, 0) is 6.42 Å². The van der Waals surface area contributed by atoms with Gasteiger partial charge in [-0.1, -0.05) is 23.3 Å². The molecule has 0 heterocycles. The zero-order chi connectivity index (χ0) is 17.6. The fourth-order valence-electron chi connectivity index (χ4n) is 2.34. The first kappa shape index (κ1) is 18.8. The van der Waals surface area contributed by atoms with Gasteiger partial charge < -0.3 is 14.9 Å². The first-order valence-corrected chi connectivity index (χ1v) is 7.69. The lowest BCUT2D eigenvalue weighted by Gasteiger charge is -2.13. The molecule has 1 aromatic carbocycles. The molecule has 126 valence electrons. The number of methoxy groups -OCH3 is 1. The molecule has 23 heavy (non-hydrogen) atoms. The molecule has 0 spiro atoms. The first-order valence-electron chi connectivity index (χ1n) is 7.69. The number of Topliss-reactive ketones (excluding diaryl/α,β-unsaturated/α-hetero) is 1. The summed E-state index contributed by atoms with van der Waals surface area (Å²) in [5, 5.41) is 20.4. The van der Waals surface area contributed by atoms with Crippen LogP contribution < -0.4 is 4.74 Å². The minimum Gasteiger partial charge on any atom is -0.507 e. The minimum absolute atomic E-state index is 0.0716. The highest BCUT2D eigenvalue weighted by Crippen LogP contribution is 2.38. The van der Waals surface area contributed by atoms with Crippen LogP contribution in [0.15, 0.2) is 29.4 Å². The number of phenols is 2. The molecule has 0 bridgehead atoms. The first-order chi connectivity index (χ1) is 10.8. The number of rotatable bonds is 7. The third-order valence-electron chi connectivity index (χ3n) is 3.66. The highest BCUT2D eigenvalue weighted by molar-refractivity contribution is 6.00. The van der Waals surface area contributed by atoms with Crippen molar-refractivity contribution in [3.63, 3.8) is 0 Å². The van der Waals surface area contributed by atoms with Crippen molar-refractivity contribution in [1.82, 2.24) is 0 Å². The molecule has 2 N–H and O–H groups in total. The van der Waals surface area contributed by atoms with Crippen LogP contribution in [0.1, 0.15) is 56.5 Å². The number of carbonyl (C=O) groups excluding carboxylic acids is 1. The molecule has 0 aliphatic carbocycles. The molecule has 1 aromatic rings. The average molecular weight is 318 g/mol. The van der Waals surface area contributed by atoms with Gasteiger partial charge in [0.1, 0.15) is 22.8 Å². The summed E-state index contributed by atoms with van der Waals surface area (Å²) in [6, 6.07) is 1.37. The van der Waals surface area contributed by atoms with Crippen LogP contribution in [0.25, 0.3) is 0 Å². The van der Waals surface area contributed by atoms with E-state index in [0.717, 1.165) is 12.8 Å².